The number of hydrogen-bond acceptors (Lipinski definition) is 4. The molecule has 37 heavy (non-hydrogen) atoms. The highest BCUT2D eigenvalue weighted by Crippen LogP contribution is 2.54. The highest BCUT2D eigenvalue weighted by atomic mass is 16.5. The minimum atomic E-state index is 0.485. The molecule has 0 amide bonds. The highest BCUT2D eigenvalue weighted by molar-refractivity contribution is 6.11. The van der Waals surface area contributed by atoms with Crippen molar-refractivity contribution in [3.8, 4) is 11.5 Å². The Morgan fingerprint density at radius 2 is 2.00 bits per heavy atom. The zero-order valence-electron chi connectivity index (χ0n) is 22.8. The summed E-state index contributed by atoms with van der Waals surface area (Å²) >= 11 is 0. The summed E-state index contributed by atoms with van der Waals surface area (Å²) in [6.45, 7) is 10.9. The van der Waals surface area contributed by atoms with Crippen LogP contribution >= 0.6 is 0 Å². The smallest absolute Gasteiger partial charge is 0.158 e. The molecule has 1 aliphatic carbocycles. The second-order valence-corrected chi connectivity index (χ2v) is 9.88. The average molecular weight is 499 g/mol. The molecule has 1 fully saturated rings. The average Bonchev–Trinajstić information content (AvgIpc) is 3.35. The SMILES string of the molecule is C/C=C\C(=C(/C)C(=NC=NC)Nc1ccc(Oc2ccn3ncnc3c2)c(C)c1)C1CC(CC)(CC)C1. The van der Waals surface area contributed by atoms with Gasteiger partial charge in [0.2, 0.25) is 0 Å². The molecular weight excluding hydrogens is 460 g/mol. The molecular formula is C30H38N6O. The third-order valence-corrected chi connectivity index (χ3v) is 7.65. The minimum Gasteiger partial charge on any atom is -0.457 e. The van der Waals surface area contributed by atoms with Crippen molar-refractivity contribution in [3.63, 3.8) is 0 Å². The zero-order chi connectivity index (χ0) is 26.4. The number of rotatable bonds is 9. The van der Waals surface area contributed by atoms with Gasteiger partial charge in [0.1, 0.15) is 30.0 Å². The summed E-state index contributed by atoms with van der Waals surface area (Å²) in [5.74, 6) is 2.88. The second kappa shape index (κ2) is 11.5. The van der Waals surface area contributed by atoms with Crippen molar-refractivity contribution in [2.75, 3.05) is 12.4 Å². The van der Waals surface area contributed by atoms with Gasteiger partial charge in [-0.05, 0) is 85.9 Å². The molecule has 4 rings (SSSR count). The lowest BCUT2D eigenvalue weighted by molar-refractivity contribution is 0.0683. The quantitative estimate of drug-likeness (QED) is 0.189. The molecule has 0 spiro atoms. The first kappa shape index (κ1) is 26.3. The summed E-state index contributed by atoms with van der Waals surface area (Å²) in [5, 5.41) is 7.68. The maximum Gasteiger partial charge on any atom is 0.158 e. The number of nitrogens with one attached hydrogen (secondary N) is 1. The normalized spacial score (nSPS) is 16.9. The number of hydrogen-bond donors (Lipinski definition) is 1. The van der Waals surface area contributed by atoms with Gasteiger partial charge in [0, 0.05) is 25.0 Å². The molecule has 194 valence electrons. The molecule has 0 atom stereocenters. The van der Waals surface area contributed by atoms with Gasteiger partial charge in [-0.3, -0.25) is 4.99 Å². The molecule has 7 nitrogen and oxygen atoms in total. The summed E-state index contributed by atoms with van der Waals surface area (Å²) in [7, 11) is 1.74. The number of amidine groups is 1. The molecule has 0 aliphatic heterocycles. The molecule has 0 unspecified atom stereocenters. The Morgan fingerprint density at radius 1 is 1.22 bits per heavy atom. The molecule has 7 heteroatoms. The third kappa shape index (κ3) is 5.82. The number of anilines is 1. The summed E-state index contributed by atoms with van der Waals surface area (Å²) in [6.07, 6.45) is 14.3. The van der Waals surface area contributed by atoms with E-state index in [-0.39, 0.29) is 0 Å². The van der Waals surface area contributed by atoms with Gasteiger partial charge in [0.15, 0.2) is 5.65 Å². The Morgan fingerprint density at radius 3 is 2.68 bits per heavy atom. The molecule has 1 N–H and O–H groups in total. The number of benzene rings is 1. The first-order valence-electron chi connectivity index (χ1n) is 13.1. The maximum absolute atomic E-state index is 6.14. The Bertz CT molecular complexity index is 1350. The zero-order valence-corrected chi connectivity index (χ0v) is 22.8. The van der Waals surface area contributed by atoms with E-state index in [1.165, 1.54) is 37.6 Å². The largest absolute Gasteiger partial charge is 0.457 e. The lowest BCUT2D eigenvalue weighted by Gasteiger charge is -2.48. The van der Waals surface area contributed by atoms with E-state index in [0.29, 0.717) is 11.3 Å². The van der Waals surface area contributed by atoms with Crippen LogP contribution in [0.3, 0.4) is 0 Å². The molecule has 0 saturated heterocycles. The van der Waals surface area contributed by atoms with E-state index >= 15 is 0 Å². The van der Waals surface area contributed by atoms with Crippen LogP contribution in [0.1, 0.15) is 58.9 Å². The monoisotopic (exact) mass is 498 g/mol. The van der Waals surface area contributed by atoms with E-state index in [2.05, 4.69) is 71.3 Å². The molecule has 0 radical (unpaired) electrons. The number of aromatic nitrogens is 3. The first-order chi connectivity index (χ1) is 17.9. The number of aliphatic imine (C=N–C) groups is 2. The van der Waals surface area contributed by atoms with Crippen molar-refractivity contribution < 1.29 is 4.74 Å². The van der Waals surface area contributed by atoms with Gasteiger partial charge in [0.05, 0.1) is 0 Å². The molecule has 3 aromatic rings. The van der Waals surface area contributed by atoms with E-state index in [0.717, 1.165) is 39.8 Å². The first-order valence-corrected chi connectivity index (χ1v) is 13.1. The Labute approximate surface area is 220 Å². The van der Waals surface area contributed by atoms with Crippen LogP contribution in [-0.4, -0.2) is 33.8 Å². The maximum atomic E-state index is 6.14. The molecule has 1 aromatic carbocycles. The van der Waals surface area contributed by atoms with E-state index in [4.69, 9.17) is 4.74 Å². The third-order valence-electron chi connectivity index (χ3n) is 7.65. The predicted octanol–water partition coefficient (Wildman–Crippen LogP) is 7.41. The summed E-state index contributed by atoms with van der Waals surface area (Å²) in [6, 6.07) is 9.82. The van der Waals surface area contributed by atoms with Gasteiger partial charge >= 0.3 is 0 Å². The molecule has 0 bridgehead atoms. The molecule has 2 aromatic heterocycles. The highest BCUT2D eigenvalue weighted by Gasteiger charge is 2.42. The van der Waals surface area contributed by atoms with Crippen molar-refractivity contribution in [1.29, 1.82) is 0 Å². The number of pyridine rings is 1. The van der Waals surface area contributed by atoms with E-state index in [1.807, 2.05) is 37.4 Å². The lowest BCUT2D eigenvalue weighted by Crippen LogP contribution is -2.37. The van der Waals surface area contributed by atoms with Crippen molar-refractivity contribution >= 4 is 23.5 Å². The Kier molecular flexibility index (Phi) is 8.21. The Balaban J connectivity index is 1.56. The molecule has 1 aliphatic rings. The fourth-order valence-electron chi connectivity index (χ4n) is 5.22. The summed E-state index contributed by atoms with van der Waals surface area (Å²) in [4.78, 5) is 13.0. The van der Waals surface area contributed by atoms with Crippen LogP contribution in [0.2, 0.25) is 0 Å². The van der Waals surface area contributed by atoms with Crippen molar-refractivity contribution in [2.24, 2.45) is 21.3 Å². The molecule has 1 saturated carbocycles. The predicted molar refractivity (Wildman–Crippen MR) is 153 cm³/mol. The van der Waals surface area contributed by atoms with Gasteiger partial charge in [-0.1, -0.05) is 38.8 Å². The van der Waals surface area contributed by atoms with E-state index < -0.39 is 0 Å². The topological polar surface area (TPSA) is 76.2 Å². The van der Waals surface area contributed by atoms with Crippen molar-refractivity contribution in [2.45, 2.75) is 60.3 Å². The van der Waals surface area contributed by atoms with Gasteiger partial charge in [0.25, 0.3) is 0 Å². The number of aryl methyl sites for hydroxylation is 1. The lowest BCUT2D eigenvalue weighted by atomic mass is 9.57. The van der Waals surface area contributed by atoms with Crippen LogP contribution < -0.4 is 10.1 Å². The van der Waals surface area contributed by atoms with E-state index in [1.54, 1.807) is 17.9 Å². The van der Waals surface area contributed by atoms with Gasteiger partial charge in [-0.2, -0.15) is 5.10 Å². The van der Waals surface area contributed by atoms with Crippen LogP contribution in [0.25, 0.3) is 5.65 Å². The summed E-state index contributed by atoms with van der Waals surface area (Å²) in [5.41, 5.74) is 5.70. The number of nitrogens with zero attached hydrogens (tertiary/aromatic N) is 5. The van der Waals surface area contributed by atoms with Crippen LogP contribution in [0.4, 0.5) is 5.69 Å². The second-order valence-electron chi connectivity index (χ2n) is 9.88. The van der Waals surface area contributed by atoms with Crippen LogP contribution in [0, 0.1) is 18.3 Å². The van der Waals surface area contributed by atoms with Crippen molar-refractivity contribution in [3.05, 3.63) is 71.7 Å². The Hall–Kier alpha value is -3.74. The fourth-order valence-corrected chi connectivity index (χ4v) is 5.22. The number of ether oxygens (including phenoxy) is 1. The van der Waals surface area contributed by atoms with Crippen LogP contribution in [0.15, 0.2) is 76.1 Å². The van der Waals surface area contributed by atoms with Crippen molar-refractivity contribution in [1.82, 2.24) is 14.6 Å². The van der Waals surface area contributed by atoms with Gasteiger partial charge in [-0.15, -0.1) is 0 Å². The molecule has 2 heterocycles. The van der Waals surface area contributed by atoms with E-state index in [9.17, 15) is 0 Å². The fraction of sp³-hybridized carbons (Fsp3) is 0.400. The van der Waals surface area contributed by atoms with Crippen LogP contribution in [-0.2, 0) is 0 Å². The summed E-state index contributed by atoms with van der Waals surface area (Å²) < 4.78 is 7.85. The number of allylic oxidation sites excluding steroid dienone is 3. The number of fused-ring (bicyclic) bond motifs is 1. The standard InChI is InChI=1S/C30H38N6O/c1-7-10-26(23-17-30(8-2,9-3)18-23)22(5)29(33-19-31-6)35-24-11-12-27(21(4)15-24)37-25-13-14-36-28(16-25)32-20-34-36/h7,10-16,19-20,23H,8-9,17-18H2,1-6H3,(H,31,33,35)/b10-7-,26-22-. The van der Waals surface area contributed by atoms with Gasteiger partial charge < -0.3 is 10.1 Å². The van der Waals surface area contributed by atoms with Gasteiger partial charge in [-0.25, -0.2) is 14.5 Å². The minimum absolute atomic E-state index is 0.485. The van der Waals surface area contributed by atoms with Crippen LogP contribution in [0.5, 0.6) is 11.5 Å².